The number of anilines is 1. The summed E-state index contributed by atoms with van der Waals surface area (Å²) in [6.07, 6.45) is 0. The van der Waals surface area contributed by atoms with Crippen LogP contribution in [0.1, 0.15) is 10.4 Å². The van der Waals surface area contributed by atoms with E-state index in [4.69, 9.17) is 11.5 Å². The van der Waals surface area contributed by atoms with E-state index in [2.05, 4.69) is 15.9 Å². The lowest BCUT2D eigenvalue weighted by Crippen LogP contribution is -2.32. The number of rotatable bonds is 6. The molecular formula is C14H16BrN3OS. The molecule has 0 aliphatic rings. The van der Waals surface area contributed by atoms with Crippen LogP contribution in [0.2, 0.25) is 0 Å². The lowest BCUT2D eigenvalue weighted by molar-refractivity contribution is -0.119. The third kappa shape index (κ3) is 4.63. The smallest absolute Gasteiger partial charge is 0.231 e. The Morgan fingerprint density at radius 3 is 2.65 bits per heavy atom. The minimum atomic E-state index is -0.329. The fourth-order valence-corrected chi connectivity index (χ4v) is 3.52. The van der Waals surface area contributed by atoms with E-state index >= 15 is 0 Å². The Bertz CT molecular complexity index is 600. The maximum absolute atomic E-state index is 11.2. The predicted octanol–water partition coefficient (Wildman–Crippen LogP) is 2.58. The number of primary amides is 1. The van der Waals surface area contributed by atoms with Gasteiger partial charge in [-0.25, -0.2) is 0 Å². The Balaban J connectivity index is 2.09. The van der Waals surface area contributed by atoms with Gasteiger partial charge in [-0.3, -0.25) is 9.69 Å². The van der Waals surface area contributed by atoms with Gasteiger partial charge < -0.3 is 11.5 Å². The molecule has 0 bridgehead atoms. The third-order valence-corrected chi connectivity index (χ3v) is 4.35. The maximum Gasteiger partial charge on any atom is 0.231 e. The van der Waals surface area contributed by atoms with Crippen molar-refractivity contribution in [3.05, 3.63) is 50.6 Å². The van der Waals surface area contributed by atoms with Gasteiger partial charge in [0, 0.05) is 23.7 Å². The molecule has 4 nitrogen and oxygen atoms in total. The average Bonchev–Trinajstić information content (AvgIpc) is 2.73. The first kappa shape index (κ1) is 15.0. The Morgan fingerprint density at radius 2 is 2.05 bits per heavy atom. The number of halogens is 1. The van der Waals surface area contributed by atoms with Crippen LogP contribution in [0.5, 0.6) is 0 Å². The maximum atomic E-state index is 11.2. The Labute approximate surface area is 130 Å². The Morgan fingerprint density at radius 1 is 1.25 bits per heavy atom. The van der Waals surface area contributed by atoms with Crippen molar-refractivity contribution >= 4 is 38.9 Å². The molecule has 1 aromatic heterocycles. The zero-order valence-corrected chi connectivity index (χ0v) is 13.3. The number of hydrogen-bond donors (Lipinski definition) is 2. The summed E-state index contributed by atoms with van der Waals surface area (Å²) in [6, 6.07) is 11.7. The molecule has 0 saturated carbocycles. The second-order valence-electron chi connectivity index (χ2n) is 4.56. The number of nitrogens with zero attached hydrogens (tertiary/aromatic N) is 1. The quantitative estimate of drug-likeness (QED) is 0.784. The molecule has 4 N–H and O–H groups in total. The molecule has 0 radical (unpaired) electrons. The van der Waals surface area contributed by atoms with Crippen LogP contribution in [0.25, 0.3) is 0 Å². The zero-order chi connectivity index (χ0) is 14.5. The largest absolute Gasteiger partial charge is 0.399 e. The molecule has 2 aromatic rings. The minimum Gasteiger partial charge on any atom is -0.399 e. The van der Waals surface area contributed by atoms with Crippen LogP contribution in [-0.2, 0) is 17.9 Å². The van der Waals surface area contributed by atoms with Crippen LogP contribution in [0, 0.1) is 0 Å². The molecule has 0 aliphatic carbocycles. The van der Waals surface area contributed by atoms with Crippen molar-refractivity contribution in [3.8, 4) is 0 Å². The predicted molar refractivity (Wildman–Crippen MR) is 86.2 cm³/mol. The Kier molecular flexibility index (Phi) is 5.17. The lowest BCUT2D eigenvalue weighted by Gasteiger charge is -2.20. The second-order valence-corrected chi connectivity index (χ2v) is 7.11. The van der Waals surface area contributed by atoms with Crippen LogP contribution < -0.4 is 11.5 Å². The van der Waals surface area contributed by atoms with E-state index in [0.29, 0.717) is 13.1 Å². The third-order valence-electron chi connectivity index (χ3n) is 2.74. The fraction of sp³-hybridized carbons (Fsp3) is 0.214. The molecular weight excluding hydrogens is 338 g/mol. The van der Waals surface area contributed by atoms with Gasteiger partial charge in [0.15, 0.2) is 0 Å². The summed E-state index contributed by atoms with van der Waals surface area (Å²) in [6.45, 7) is 1.56. The number of hydrogen-bond acceptors (Lipinski definition) is 4. The number of benzene rings is 1. The molecule has 0 aliphatic heterocycles. The van der Waals surface area contributed by atoms with E-state index in [-0.39, 0.29) is 12.5 Å². The van der Waals surface area contributed by atoms with E-state index in [9.17, 15) is 4.79 Å². The van der Waals surface area contributed by atoms with Gasteiger partial charge in [-0.2, -0.15) is 0 Å². The second kappa shape index (κ2) is 6.88. The van der Waals surface area contributed by atoms with Crippen LogP contribution in [0.4, 0.5) is 5.69 Å². The van der Waals surface area contributed by atoms with Crippen molar-refractivity contribution in [2.24, 2.45) is 5.73 Å². The van der Waals surface area contributed by atoms with Crippen molar-refractivity contribution in [1.82, 2.24) is 4.90 Å². The highest BCUT2D eigenvalue weighted by Gasteiger charge is 2.11. The zero-order valence-electron chi connectivity index (χ0n) is 10.9. The molecule has 0 saturated heterocycles. The highest BCUT2D eigenvalue weighted by atomic mass is 79.9. The van der Waals surface area contributed by atoms with Gasteiger partial charge in [0.2, 0.25) is 5.91 Å². The number of thiophene rings is 1. The lowest BCUT2D eigenvalue weighted by atomic mass is 10.2. The Hall–Kier alpha value is -1.37. The van der Waals surface area contributed by atoms with E-state index in [0.717, 1.165) is 15.0 Å². The summed E-state index contributed by atoms with van der Waals surface area (Å²) in [7, 11) is 0. The SMILES string of the molecule is NC(=O)CN(Cc1cccc(N)c1)Cc1ccc(Br)s1. The van der Waals surface area contributed by atoms with Gasteiger partial charge in [-0.1, -0.05) is 12.1 Å². The van der Waals surface area contributed by atoms with Crippen molar-refractivity contribution in [3.63, 3.8) is 0 Å². The summed E-state index contributed by atoms with van der Waals surface area (Å²) < 4.78 is 1.08. The van der Waals surface area contributed by atoms with Crippen molar-refractivity contribution in [2.75, 3.05) is 12.3 Å². The first-order valence-electron chi connectivity index (χ1n) is 6.12. The van der Waals surface area contributed by atoms with Crippen molar-refractivity contribution in [2.45, 2.75) is 13.1 Å². The molecule has 6 heteroatoms. The summed E-state index contributed by atoms with van der Waals surface area (Å²) in [5.41, 5.74) is 12.9. The minimum absolute atomic E-state index is 0.227. The molecule has 0 fully saturated rings. The molecule has 1 amide bonds. The van der Waals surface area contributed by atoms with E-state index in [1.54, 1.807) is 11.3 Å². The first-order chi connectivity index (χ1) is 9.52. The fourth-order valence-electron chi connectivity index (χ4n) is 1.99. The molecule has 1 aromatic carbocycles. The van der Waals surface area contributed by atoms with Crippen molar-refractivity contribution < 1.29 is 4.79 Å². The van der Waals surface area contributed by atoms with Gasteiger partial charge in [0.25, 0.3) is 0 Å². The van der Waals surface area contributed by atoms with Crippen LogP contribution in [0.3, 0.4) is 0 Å². The number of nitrogens with two attached hydrogens (primary N) is 2. The van der Waals surface area contributed by atoms with E-state index < -0.39 is 0 Å². The topological polar surface area (TPSA) is 72.4 Å². The molecule has 20 heavy (non-hydrogen) atoms. The number of nitrogen functional groups attached to an aromatic ring is 1. The molecule has 106 valence electrons. The summed E-state index contributed by atoms with van der Waals surface area (Å²) in [5.74, 6) is -0.329. The highest BCUT2D eigenvalue weighted by Crippen LogP contribution is 2.24. The normalized spacial score (nSPS) is 10.9. The molecule has 0 atom stereocenters. The van der Waals surface area contributed by atoms with E-state index in [1.165, 1.54) is 4.88 Å². The molecule has 2 rings (SSSR count). The van der Waals surface area contributed by atoms with Crippen LogP contribution in [-0.4, -0.2) is 17.4 Å². The summed E-state index contributed by atoms with van der Waals surface area (Å²) in [4.78, 5) is 14.4. The summed E-state index contributed by atoms with van der Waals surface area (Å²) in [5, 5.41) is 0. The average molecular weight is 354 g/mol. The standard InChI is InChI=1S/C14H16BrN3OS/c15-13-5-4-12(20-13)8-18(9-14(17)19)7-10-2-1-3-11(16)6-10/h1-6H,7-9,16H2,(H2,17,19). The first-order valence-corrected chi connectivity index (χ1v) is 7.73. The number of amides is 1. The highest BCUT2D eigenvalue weighted by molar-refractivity contribution is 9.11. The molecule has 1 heterocycles. The van der Waals surface area contributed by atoms with Gasteiger partial charge in [0.05, 0.1) is 10.3 Å². The van der Waals surface area contributed by atoms with Crippen LogP contribution in [0.15, 0.2) is 40.2 Å². The van der Waals surface area contributed by atoms with Crippen LogP contribution >= 0.6 is 27.3 Å². The molecule has 0 spiro atoms. The van der Waals surface area contributed by atoms with Gasteiger partial charge in [0.1, 0.15) is 0 Å². The monoisotopic (exact) mass is 353 g/mol. The number of carbonyl (C=O) groups excluding carboxylic acids is 1. The summed E-state index contributed by atoms with van der Waals surface area (Å²) >= 11 is 5.10. The van der Waals surface area contributed by atoms with Gasteiger partial charge in [-0.15, -0.1) is 11.3 Å². The van der Waals surface area contributed by atoms with Gasteiger partial charge in [-0.05, 0) is 45.8 Å². The van der Waals surface area contributed by atoms with Crippen molar-refractivity contribution in [1.29, 1.82) is 0 Å². The van der Waals surface area contributed by atoms with E-state index in [1.807, 2.05) is 41.3 Å². The number of carbonyl (C=O) groups is 1. The van der Waals surface area contributed by atoms with Gasteiger partial charge >= 0.3 is 0 Å². The molecule has 0 unspecified atom stereocenters.